The molecule has 0 aromatic rings. The molecule has 0 fully saturated rings. The summed E-state index contributed by atoms with van der Waals surface area (Å²) in [5.41, 5.74) is -4.47. The highest BCUT2D eigenvalue weighted by Crippen LogP contribution is 2.48. The van der Waals surface area contributed by atoms with E-state index in [0.717, 1.165) is 12.0 Å². The molecule has 0 aliphatic heterocycles. The molecule has 3 nitrogen and oxygen atoms in total. The molecule has 0 aromatic heterocycles. The van der Waals surface area contributed by atoms with E-state index in [4.69, 9.17) is 4.18 Å². The quantitative estimate of drug-likeness (QED) is 0.322. The zero-order chi connectivity index (χ0) is 19.6. The second kappa shape index (κ2) is 7.56. The van der Waals surface area contributed by atoms with Gasteiger partial charge in [-0.15, -0.1) is 13.2 Å². The molecule has 144 valence electrons. The van der Waals surface area contributed by atoms with Crippen LogP contribution in [-0.4, -0.2) is 13.9 Å². The minimum atomic E-state index is -5.71. The fourth-order valence-corrected chi connectivity index (χ4v) is 4.12. The lowest BCUT2D eigenvalue weighted by atomic mass is 9.66. The summed E-state index contributed by atoms with van der Waals surface area (Å²) in [5, 5.41) is 0. The van der Waals surface area contributed by atoms with Crippen molar-refractivity contribution in [3.63, 3.8) is 0 Å². The fourth-order valence-electron chi connectivity index (χ4n) is 3.57. The van der Waals surface area contributed by atoms with E-state index in [9.17, 15) is 21.6 Å². The molecule has 0 unspecified atom stereocenters. The summed E-state index contributed by atoms with van der Waals surface area (Å²) < 4.78 is 66.6. The van der Waals surface area contributed by atoms with Crippen LogP contribution < -0.4 is 0 Å². The molecule has 0 radical (unpaired) electrons. The molecular weight excluding hydrogens is 353 g/mol. The largest absolute Gasteiger partial charge is 0.534 e. The van der Waals surface area contributed by atoms with Crippen LogP contribution in [0.5, 0.6) is 0 Å². The van der Waals surface area contributed by atoms with Gasteiger partial charge in [-0.3, -0.25) is 0 Å². The number of hydrogen-bond acceptors (Lipinski definition) is 3. The van der Waals surface area contributed by atoms with Gasteiger partial charge < -0.3 is 4.18 Å². The van der Waals surface area contributed by atoms with Crippen molar-refractivity contribution in [2.45, 2.75) is 58.9 Å². The average Bonchev–Trinajstić information content (AvgIpc) is 2.39. The summed E-state index contributed by atoms with van der Waals surface area (Å²) in [5.74, 6) is -0.567. The molecule has 0 bridgehead atoms. The monoisotopic (exact) mass is 380 g/mol. The Morgan fingerprint density at radius 3 is 2.32 bits per heavy atom. The van der Waals surface area contributed by atoms with E-state index < -0.39 is 27.0 Å². The molecule has 0 aromatic carbocycles. The molecule has 0 N–H and O–H groups in total. The van der Waals surface area contributed by atoms with E-state index in [0.29, 0.717) is 24.8 Å². The Hall–Kier alpha value is -1.24. The van der Waals surface area contributed by atoms with Crippen LogP contribution >= 0.6 is 0 Å². The maximum absolute atomic E-state index is 12.9. The zero-order valence-electron chi connectivity index (χ0n) is 15.2. The third-order valence-corrected chi connectivity index (χ3v) is 5.63. The van der Waals surface area contributed by atoms with Gasteiger partial charge in [0.15, 0.2) is 0 Å². The summed E-state index contributed by atoms with van der Waals surface area (Å²) in [6.07, 6.45) is 3.73. The van der Waals surface area contributed by atoms with Crippen molar-refractivity contribution in [3.05, 3.63) is 36.1 Å². The summed E-state index contributed by atoms with van der Waals surface area (Å²) in [6.45, 7) is 15.0. The van der Waals surface area contributed by atoms with E-state index in [1.807, 2.05) is 27.7 Å². The topological polar surface area (TPSA) is 43.4 Å². The van der Waals surface area contributed by atoms with Crippen LogP contribution in [0.4, 0.5) is 13.2 Å². The van der Waals surface area contributed by atoms with Gasteiger partial charge in [0.05, 0.1) is 0 Å². The first-order valence-electron chi connectivity index (χ1n) is 8.22. The van der Waals surface area contributed by atoms with Crippen molar-refractivity contribution < 1.29 is 25.8 Å². The first-order valence-corrected chi connectivity index (χ1v) is 9.62. The van der Waals surface area contributed by atoms with Gasteiger partial charge in [0, 0.05) is 5.92 Å². The van der Waals surface area contributed by atoms with Crippen LogP contribution in [-0.2, 0) is 14.3 Å². The van der Waals surface area contributed by atoms with E-state index in [-0.39, 0.29) is 11.7 Å². The van der Waals surface area contributed by atoms with Crippen molar-refractivity contribution in [3.8, 4) is 0 Å². The predicted octanol–water partition coefficient (Wildman–Crippen LogP) is 5.72. The minimum Gasteiger partial charge on any atom is -0.380 e. The Balaban J connectivity index is 3.46. The number of alkyl halides is 3. The van der Waals surface area contributed by atoms with Crippen molar-refractivity contribution in [2.24, 2.45) is 17.3 Å². The minimum absolute atomic E-state index is 0.0617. The van der Waals surface area contributed by atoms with Crippen molar-refractivity contribution in [1.82, 2.24) is 0 Å². The molecule has 2 atom stereocenters. The number of rotatable bonds is 7. The van der Waals surface area contributed by atoms with Gasteiger partial charge in [-0.05, 0) is 49.5 Å². The highest BCUT2D eigenvalue weighted by molar-refractivity contribution is 7.87. The summed E-state index contributed by atoms with van der Waals surface area (Å²) in [7, 11) is -5.71. The summed E-state index contributed by atoms with van der Waals surface area (Å²) in [4.78, 5) is 0. The van der Waals surface area contributed by atoms with Crippen molar-refractivity contribution in [2.75, 3.05) is 0 Å². The highest BCUT2D eigenvalue weighted by Gasteiger charge is 2.51. The van der Waals surface area contributed by atoms with E-state index in [2.05, 4.69) is 13.2 Å². The lowest BCUT2D eigenvalue weighted by Crippen LogP contribution is -2.35. The lowest BCUT2D eigenvalue weighted by molar-refractivity contribution is -0.0536. The van der Waals surface area contributed by atoms with Crippen molar-refractivity contribution in [1.29, 1.82) is 0 Å². The van der Waals surface area contributed by atoms with Crippen LogP contribution in [0.25, 0.3) is 0 Å². The van der Waals surface area contributed by atoms with Crippen molar-refractivity contribution >= 4 is 10.1 Å². The van der Waals surface area contributed by atoms with Crippen LogP contribution in [0.15, 0.2) is 36.1 Å². The van der Waals surface area contributed by atoms with Gasteiger partial charge in [0.1, 0.15) is 5.76 Å². The molecule has 1 aliphatic carbocycles. The fraction of sp³-hybridized carbons (Fsp3) is 0.667. The summed E-state index contributed by atoms with van der Waals surface area (Å²) in [6, 6.07) is 0. The Morgan fingerprint density at radius 1 is 1.32 bits per heavy atom. The van der Waals surface area contributed by atoms with E-state index in [1.54, 1.807) is 6.08 Å². The van der Waals surface area contributed by atoms with Crippen LogP contribution in [0.3, 0.4) is 0 Å². The molecule has 0 saturated carbocycles. The Morgan fingerprint density at radius 2 is 1.88 bits per heavy atom. The number of allylic oxidation sites excluding steroid dienone is 4. The standard InChI is InChI=1S/C18H27F3O3S/c1-7-8-14-13(4)9-10-15(17(5,6)11-12(2)3)16(14)24-25(22,23)18(19,20)21/h7,13,15H,1-2,8-11H2,3-6H3/t13-,15-/m1/s1. The highest BCUT2D eigenvalue weighted by atomic mass is 32.2. The Kier molecular flexibility index (Phi) is 6.59. The van der Waals surface area contributed by atoms with Crippen LogP contribution in [0, 0.1) is 17.3 Å². The molecule has 7 heteroatoms. The molecule has 25 heavy (non-hydrogen) atoms. The van der Waals surface area contributed by atoms with Gasteiger partial charge in [-0.2, -0.15) is 21.6 Å². The second-order valence-electron chi connectivity index (χ2n) is 7.52. The first-order chi connectivity index (χ1) is 11.2. The molecule has 1 rings (SSSR count). The first kappa shape index (κ1) is 21.8. The van der Waals surface area contributed by atoms with Gasteiger partial charge in [0.2, 0.25) is 0 Å². The third kappa shape index (κ3) is 5.12. The summed E-state index contributed by atoms with van der Waals surface area (Å²) >= 11 is 0. The second-order valence-corrected chi connectivity index (χ2v) is 9.06. The SMILES string of the molecule is C=CCC1=C(OS(=O)(=O)C(F)(F)F)[C@H](C(C)(C)CC(=C)C)CC[C@H]1C. The van der Waals surface area contributed by atoms with Gasteiger partial charge >= 0.3 is 15.6 Å². The third-order valence-electron chi connectivity index (χ3n) is 4.66. The van der Waals surface area contributed by atoms with Crippen LogP contribution in [0.2, 0.25) is 0 Å². The molecule has 0 spiro atoms. The smallest absolute Gasteiger partial charge is 0.380 e. The maximum Gasteiger partial charge on any atom is 0.534 e. The molecular formula is C18H27F3O3S. The average molecular weight is 380 g/mol. The van der Waals surface area contributed by atoms with E-state index >= 15 is 0 Å². The van der Waals surface area contributed by atoms with Gasteiger partial charge in [-0.25, -0.2) is 0 Å². The normalized spacial score (nSPS) is 22.7. The predicted molar refractivity (Wildman–Crippen MR) is 93.0 cm³/mol. The Labute approximate surface area is 148 Å². The van der Waals surface area contributed by atoms with Gasteiger partial charge in [-0.1, -0.05) is 32.4 Å². The van der Waals surface area contributed by atoms with E-state index in [1.165, 1.54) is 0 Å². The Bertz CT molecular complexity index is 658. The zero-order valence-corrected chi connectivity index (χ0v) is 16.1. The number of hydrogen-bond donors (Lipinski definition) is 0. The maximum atomic E-state index is 12.9. The molecule has 1 aliphatic rings. The lowest BCUT2D eigenvalue weighted by Gasteiger charge is -2.41. The molecule has 0 amide bonds. The van der Waals surface area contributed by atoms with Gasteiger partial charge in [0.25, 0.3) is 0 Å². The molecule has 0 saturated heterocycles. The molecule has 0 heterocycles. The number of halogens is 3. The van der Waals surface area contributed by atoms with Crippen LogP contribution in [0.1, 0.15) is 53.4 Å².